The lowest BCUT2D eigenvalue weighted by Crippen LogP contribution is -2.38. The van der Waals surface area contributed by atoms with Crippen LogP contribution in [0.25, 0.3) is 0 Å². The maximum absolute atomic E-state index is 12.7. The molecule has 7 heteroatoms. The highest BCUT2D eigenvalue weighted by molar-refractivity contribution is 5.40. The molecule has 0 saturated carbocycles. The first-order valence-corrected chi connectivity index (χ1v) is 7.11. The van der Waals surface area contributed by atoms with Crippen molar-refractivity contribution in [1.29, 1.82) is 0 Å². The van der Waals surface area contributed by atoms with E-state index in [9.17, 15) is 13.2 Å². The summed E-state index contributed by atoms with van der Waals surface area (Å²) >= 11 is 0. The van der Waals surface area contributed by atoms with Crippen LogP contribution in [0.4, 0.5) is 19.0 Å². The van der Waals surface area contributed by atoms with E-state index in [0.29, 0.717) is 32.1 Å². The average molecular weight is 303 g/mol. The molecule has 21 heavy (non-hydrogen) atoms. The monoisotopic (exact) mass is 303 g/mol. The van der Waals surface area contributed by atoms with Crippen LogP contribution in [0.2, 0.25) is 0 Å². The third-order valence-electron chi connectivity index (χ3n) is 3.49. The van der Waals surface area contributed by atoms with Crippen LogP contribution in [0.15, 0.2) is 18.2 Å². The summed E-state index contributed by atoms with van der Waals surface area (Å²) in [5, 5.41) is 0. The Bertz CT molecular complexity index is 445. The fourth-order valence-corrected chi connectivity index (χ4v) is 2.34. The van der Waals surface area contributed by atoms with Gasteiger partial charge in [0.15, 0.2) is 0 Å². The van der Waals surface area contributed by atoms with Crippen LogP contribution in [-0.4, -0.2) is 37.3 Å². The number of ether oxygens (including phenoxy) is 1. The fraction of sp³-hybridized carbons (Fsp3) is 0.643. The lowest BCUT2D eigenvalue weighted by molar-refractivity contribution is -0.141. The quantitative estimate of drug-likeness (QED) is 0.849. The number of hydrogen-bond acceptors (Lipinski definition) is 4. The molecule has 1 fully saturated rings. The average Bonchev–Trinajstić information content (AvgIpc) is 2.47. The molecule has 0 radical (unpaired) electrons. The van der Waals surface area contributed by atoms with Gasteiger partial charge < -0.3 is 15.4 Å². The molecule has 1 aliphatic heterocycles. The van der Waals surface area contributed by atoms with E-state index in [1.54, 1.807) is 6.07 Å². The van der Waals surface area contributed by atoms with Gasteiger partial charge in [-0.25, -0.2) is 4.98 Å². The maximum Gasteiger partial charge on any atom is 0.433 e. The number of rotatable bonds is 5. The molecule has 2 heterocycles. The van der Waals surface area contributed by atoms with Crippen LogP contribution in [-0.2, 0) is 10.9 Å². The van der Waals surface area contributed by atoms with Crippen LogP contribution in [0.3, 0.4) is 0 Å². The van der Waals surface area contributed by atoms with E-state index in [2.05, 4.69) is 4.98 Å². The predicted octanol–water partition coefficient (Wildman–Crippen LogP) is 2.43. The van der Waals surface area contributed by atoms with Crippen molar-refractivity contribution in [3.8, 4) is 0 Å². The highest BCUT2D eigenvalue weighted by Crippen LogP contribution is 2.29. The first kappa shape index (κ1) is 16.0. The van der Waals surface area contributed by atoms with E-state index in [4.69, 9.17) is 10.5 Å². The number of nitrogens with zero attached hydrogens (tertiary/aromatic N) is 2. The third-order valence-corrected chi connectivity index (χ3v) is 3.49. The molecular formula is C14H20F3N3O. The van der Waals surface area contributed by atoms with Gasteiger partial charge in [-0.05, 0) is 37.9 Å². The number of alkyl halides is 3. The molecular weight excluding hydrogens is 283 g/mol. The second-order valence-electron chi connectivity index (χ2n) is 5.08. The Morgan fingerprint density at radius 1 is 1.29 bits per heavy atom. The summed E-state index contributed by atoms with van der Waals surface area (Å²) in [6.45, 7) is 2.55. The molecule has 0 bridgehead atoms. The Morgan fingerprint density at radius 3 is 2.62 bits per heavy atom. The normalized spacial score (nSPS) is 17.2. The Labute approximate surface area is 122 Å². The smallest absolute Gasteiger partial charge is 0.378 e. The van der Waals surface area contributed by atoms with Gasteiger partial charge in [-0.3, -0.25) is 0 Å². The van der Waals surface area contributed by atoms with E-state index in [-0.39, 0.29) is 6.10 Å². The molecule has 4 nitrogen and oxygen atoms in total. The van der Waals surface area contributed by atoms with E-state index in [0.717, 1.165) is 25.3 Å². The first-order valence-electron chi connectivity index (χ1n) is 7.11. The van der Waals surface area contributed by atoms with Gasteiger partial charge in [0.05, 0.1) is 6.10 Å². The molecule has 1 aliphatic rings. The molecule has 0 aromatic carbocycles. The number of aromatic nitrogens is 1. The van der Waals surface area contributed by atoms with Gasteiger partial charge in [0.2, 0.25) is 0 Å². The fourth-order valence-electron chi connectivity index (χ4n) is 2.34. The van der Waals surface area contributed by atoms with Crippen molar-refractivity contribution in [2.75, 3.05) is 31.1 Å². The first-order chi connectivity index (χ1) is 10.0. The summed E-state index contributed by atoms with van der Waals surface area (Å²) in [6, 6.07) is 4.01. The summed E-state index contributed by atoms with van der Waals surface area (Å²) in [5.74, 6) is 0.380. The number of halogens is 3. The van der Waals surface area contributed by atoms with E-state index < -0.39 is 11.9 Å². The van der Waals surface area contributed by atoms with Gasteiger partial charge in [-0.1, -0.05) is 6.07 Å². The number of nitrogens with two attached hydrogens (primary N) is 1. The van der Waals surface area contributed by atoms with Gasteiger partial charge >= 0.3 is 6.18 Å². The summed E-state index contributed by atoms with van der Waals surface area (Å²) in [6.07, 6.45) is -1.82. The Kier molecular flexibility index (Phi) is 5.41. The van der Waals surface area contributed by atoms with E-state index in [1.807, 2.05) is 4.90 Å². The van der Waals surface area contributed by atoms with Crippen molar-refractivity contribution in [2.45, 2.75) is 31.5 Å². The van der Waals surface area contributed by atoms with Crippen molar-refractivity contribution in [2.24, 2.45) is 5.73 Å². The van der Waals surface area contributed by atoms with Crippen LogP contribution in [0.5, 0.6) is 0 Å². The molecule has 0 unspecified atom stereocenters. The molecule has 2 rings (SSSR count). The predicted molar refractivity (Wildman–Crippen MR) is 74.1 cm³/mol. The SMILES string of the molecule is NCCCOC1CCN(c2cccc(C(F)(F)F)n2)CC1. The zero-order chi connectivity index (χ0) is 15.3. The highest BCUT2D eigenvalue weighted by atomic mass is 19.4. The van der Waals surface area contributed by atoms with Crippen molar-refractivity contribution >= 4 is 5.82 Å². The van der Waals surface area contributed by atoms with E-state index >= 15 is 0 Å². The summed E-state index contributed by atoms with van der Waals surface area (Å²) in [5.41, 5.74) is 4.56. The molecule has 1 aromatic rings. The minimum absolute atomic E-state index is 0.165. The molecule has 1 saturated heterocycles. The largest absolute Gasteiger partial charge is 0.433 e. The highest BCUT2D eigenvalue weighted by Gasteiger charge is 2.33. The number of hydrogen-bond donors (Lipinski definition) is 1. The molecule has 0 aliphatic carbocycles. The van der Waals surface area contributed by atoms with Crippen molar-refractivity contribution in [3.05, 3.63) is 23.9 Å². The minimum Gasteiger partial charge on any atom is -0.378 e. The summed E-state index contributed by atoms with van der Waals surface area (Å²) < 4.78 is 43.7. The van der Waals surface area contributed by atoms with Crippen LogP contribution >= 0.6 is 0 Å². The second kappa shape index (κ2) is 7.09. The molecule has 1 aromatic heterocycles. The number of pyridine rings is 1. The van der Waals surface area contributed by atoms with Gasteiger partial charge in [0.1, 0.15) is 11.5 Å². The molecule has 0 atom stereocenters. The van der Waals surface area contributed by atoms with Crippen molar-refractivity contribution in [3.63, 3.8) is 0 Å². The van der Waals surface area contributed by atoms with Crippen molar-refractivity contribution in [1.82, 2.24) is 4.98 Å². The zero-order valence-corrected chi connectivity index (χ0v) is 11.8. The number of piperidine rings is 1. The lowest BCUT2D eigenvalue weighted by atomic mass is 10.1. The maximum atomic E-state index is 12.7. The van der Waals surface area contributed by atoms with Crippen LogP contribution in [0.1, 0.15) is 25.0 Å². The molecule has 0 amide bonds. The Hall–Kier alpha value is -1.34. The van der Waals surface area contributed by atoms with Gasteiger partial charge in [-0.2, -0.15) is 13.2 Å². The second-order valence-corrected chi connectivity index (χ2v) is 5.08. The Balaban J connectivity index is 1.90. The third kappa shape index (κ3) is 4.57. The van der Waals surface area contributed by atoms with Crippen LogP contribution in [0, 0.1) is 0 Å². The summed E-state index contributed by atoms with van der Waals surface area (Å²) in [7, 11) is 0. The standard InChI is InChI=1S/C14H20F3N3O/c15-14(16,17)12-3-1-4-13(19-12)20-8-5-11(6-9-20)21-10-2-7-18/h1,3-4,11H,2,5-10,18H2. The molecule has 118 valence electrons. The number of anilines is 1. The molecule has 2 N–H and O–H groups in total. The van der Waals surface area contributed by atoms with Crippen molar-refractivity contribution < 1.29 is 17.9 Å². The zero-order valence-electron chi connectivity index (χ0n) is 11.8. The minimum atomic E-state index is -4.40. The van der Waals surface area contributed by atoms with Gasteiger partial charge in [0, 0.05) is 19.7 Å². The molecule has 0 spiro atoms. The topological polar surface area (TPSA) is 51.4 Å². The van der Waals surface area contributed by atoms with Gasteiger partial charge in [-0.15, -0.1) is 0 Å². The summed E-state index contributed by atoms with van der Waals surface area (Å²) in [4.78, 5) is 5.58. The lowest BCUT2D eigenvalue weighted by Gasteiger charge is -2.33. The Morgan fingerprint density at radius 2 is 2.00 bits per heavy atom. The van der Waals surface area contributed by atoms with Gasteiger partial charge in [0.25, 0.3) is 0 Å². The van der Waals surface area contributed by atoms with Crippen LogP contribution < -0.4 is 10.6 Å². The van der Waals surface area contributed by atoms with E-state index in [1.165, 1.54) is 6.07 Å².